The average molecular weight is 345 g/mol. The van der Waals surface area contributed by atoms with Gasteiger partial charge in [0.1, 0.15) is 12.4 Å². The minimum Gasteiger partial charge on any atom is -0.309 e. The molecule has 0 saturated carbocycles. The molecule has 0 radical (unpaired) electrons. The van der Waals surface area contributed by atoms with Crippen molar-refractivity contribution in [1.29, 1.82) is 0 Å². The zero-order chi connectivity index (χ0) is 17.8. The molecule has 26 heavy (non-hydrogen) atoms. The zero-order valence-corrected chi connectivity index (χ0v) is 13.7. The van der Waals surface area contributed by atoms with Crippen molar-refractivity contribution in [1.82, 2.24) is 30.0 Å². The van der Waals surface area contributed by atoms with Crippen LogP contribution in [-0.4, -0.2) is 35.9 Å². The number of rotatable bonds is 5. The van der Waals surface area contributed by atoms with Crippen LogP contribution < -0.4 is 5.32 Å². The number of amides is 1. The summed E-state index contributed by atoms with van der Waals surface area (Å²) in [7, 11) is 0. The van der Waals surface area contributed by atoms with Crippen molar-refractivity contribution in [3.63, 3.8) is 0 Å². The second-order valence-electron chi connectivity index (χ2n) is 5.52. The van der Waals surface area contributed by atoms with Crippen molar-refractivity contribution >= 4 is 11.7 Å². The van der Waals surface area contributed by atoms with Crippen LogP contribution in [0.1, 0.15) is 0 Å². The van der Waals surface area contributed by atoms with Crippen molar-refractivity contribution in [2.24, 2.45) is 0 Å². The van der Waals surface area contributed by atoms with Crippen molar-refractivity contribution in [3.8, 4) is 17.1 Å². The number of hydrogen-bond donors (Lipinski definition) is 1. The minimum absolute atomic E-state index is 0.0419. The lowest BCUT2D eigenvalue weighted by Gasteiger charge is -2.08. The Morgan fingerprint density at radius 3 is 2.46 bits per heavy atom. The van der Waals surface area contributed by atoms with Crippen molar-refractivity contribution in [2.45, 2.75) is 6.54 Å². The lowest BCUT2D eigenvalue weighted by molar-refractivity contribution is -0.117. The molecule has 8 heteroatoms. The van der Waals surface area contributed by atoms with Crippen molar-refractivity contribution in [3.05, 3.63) is 72.9 Å². The van der Waals surface area contributed by atoms with Gasteiger partial charge in [-0.3, -0.25) is 4.79 Å². The first kappa shape index (κ1) is 15.7. The molecular formula is C18H15N7O. The van der Waals surface area contributed by atoms with Gasteiger partial charge in [-0.2, -0.15) is 9.90 Å². The fourth-order valence-electron chi connectivity index (χ4n) is 2.50. The van der Waals surface area contributed by atoms with E-state index in [9.17, 15) is 4.79 Å². The number of hydrogen-bond acceptors (Lipinski definition) is 5. The van der Waals surface area contributed by atoms with E-state index in [4.69, 9.17) is 0 Å². The molecule has 0 aliphatic rings. The third-order valence-corrected chi connectivity index (χ3v) is 3.68. The van der Waals surface area contributed by atoms with Gasteiger partial charge in [0.2, 0.25) is 11.7 Å². The van der Waals surface area contributed by atoms with Crippen LogP contribution >= 0.6 is 0 Å². The Morgan fingerprint density at radius 2 is 1.69 bits per heavy atom. The first-order chi connectivity index (χ1) is 12.8. The van der Waals surface area contributed by atoms with Crippen LogP contribution in [0.3, 0.4) is 0 Å². The molecule has 2 heterocycles. The van der Waals surface area contributed by atoms with Gasteiger partial charge in [-0.05, 0) is 17.3 Å². The largest absolute Gasteiger partial charge is 0.309 e. The third-order valence-electron chi connectivity index (χ3n) is 3.68. The monoisotopic (exact) mass is 345 g/mol. The predicted octanol–water partition coefficient (Wildman–Crippen LogP) is 2.16. The van der Waals surface area contributed by atoms with Crippen LogP contribution in [0.15, 0.2) is 72.9 Å². The summed E-state index contributed by atoms with van der Waals surface area (Å²) in [5.74, 6) is 0.789. The maximum Gasteiger partial charge on any atom is 0.249 e. The van der Waals surface area contributed by atoms with Crippen LogP contribution in [0.5, 0.6) is 0 Å². The highest BCUT2D eigenvalue weighted by Gasteiger charge is 2.12. The summed E-state index contributed by atoms with van der Waals surface area (Å²) in [4.78, 5) is 13.6. The van der Waals surface area contributed by atoms with E-state index < -0.39 is 0 Å². The summed E-state index contributed by atoms with van der Waals surface area (Å²) in [5, 5.41) is 19.2. The van der Waals surface area contributed by atoms with E-state index in [2.05, 4.69) is 25.8 Å². The molecule has 1 N–H and O–H groups in total. The summed E-state index contributed by atoms with van der Waals surface area (Å²) in [6.07, 6.45) is 1.63. The van der Waals surface area contributed by atoms with Crippen LogP contribution in [0, 0.1) is 0 Å². The maximum absolute atomic E-state index is 12.3. The average Bonchev–Trinajstić information content (AvgIpc) is 3.33. The number of nitrogens with zero attached hydrogens (tertiary/aromatic N) is 6. The Bertz CT molecular complexity index is 1010. The maximum atomic E-state index is 12.3. The molecule has 4 rings (SSSR count). The van der Waals surface area contributed by atoms with Crippen LogP contribution in [-0.2, 0) is 11.3 Å². The lowest BCUT2D eigenvalue weighted by Crippen LogP contribution is -2.22. The van der Waals surface area contributed by atoms with E-state index in [1.807, 2.05) is 60.7 Å². The molecule has 8 nitrogen and oxygen atoms in total. The van der Waals surface area contributed by atoms with Gasteiger partial charge < -0.3 is 5.32 Å². The molecule has 128 valence electrons. The quantitative estimate of drug-likeness (QED) is 0.598. The molecule has 0 unspecified atom stereocenters. The van der Waals surface area contributed by atoms with Crippen molar-refractivity contribution < 1.29 is 4.79 Å². The number of benzene rings is 2. The van der Waals surface area contributed by atoms with E-state index in [-0.39, 0.29) is 12.5 Å². The van der Waals surface area contributed by atoms with E-state index in [0.29, 0.717) is 11.6 Å². The molecule has 0 aliphatic heterocycles. The summed E-state index contributed by atoms with van der Waals surface area (Å²) < 4.78 is 1.65. The fourth-order valence-corrected chi connectivity index (χ4v) is 2.50. The minimum atomic E-state index is -0.264. The smallest absolute Gasteiger partial charge is 0.249 e. The summed E-state index contributed by atoms with van der Waals surface area (Å²) >= 11 is 0. The molecule has 0 saturated heterocycles. The Hall–Kier alpha value is -3.81. The number of carbonyl (C=O) groups is 1. The Kier molecular flexibility index (Phi) is 4.21. The van der Waals surface area contributed by atoms with Gasteiger partial charge in [0.15, 0.2) is 0 Å². The Balaban J connectivity index is 1.46. The summed E-state index contributed by atoms with van der Waals surface area (Å²) in [6, 6.07) is 20.8. The van der Waals surface area contributed by atoms with Crippen molar-refractivity contribution in [2.75, 3.05) is 5.32 Å². The van der Waals surface area contributed by atoms with E-state index in [1.54, 1.807) is 16.9 Å². The number of aromatic nitrogens is 6. The molecular weight excluding hydrogens is 330 g/mol. The second kappa shape index (κ2) is 6.98. The highest BCUT2D eigenvalue weighted by atomic mass is 16.2. The fraction of sp³-hybridized carbons (Fsp3) is 0.0556. The third kappa shape index (κ3) is 3.34. The summed E-state index contributed by atoms with van der Waals surface area (Å²) in [6.45, 7) is -0.0419. The van der Waals surface area contributed by atoms with Gasteiger partial charge in [-0.15, -0.1) is 10.2 Å². The van der Waals surface area contributed by atoms with Gasteiger partial charge in [0.25, 0.3) is 0 Å². The molecule has 1 amide bonds. The Labute approximate surface area is 149 Å². The number of tetrazole rings is 1. The number of nitrogens with one attached hydrogen (secondary N) is 1. The predicted molar refractivity (Wildman–Crippen MR) is 95.4 cm³/mol. The molecule has 0 aliphatic carbocycles. The standard InChI is InChI=1S/C18H15N7O/c26-17(13-24-22-18(21-23-24)14-7-3-1-4-8-14)20-16-11-12-19-25(16)15-9-5-2-6-10-15/h1-12H,13H2,(H,20,26). The molecule has 0 spiro atoms. The van der Waals surface area contributed by atoms with Gasteiger partial charge >= 0.3 is 0 Å². The highest BCUT2D eigenvalue weighted by molar-refractivity contribution is 5.89. The number of anilines is 1. The van der Waals surface area contributed by atoms with Crippen LogP contribution in [0.25, 0.3) is 17.1 Å². The van der Waals surface area contributed by atoms with E-state index in [1.165, 1.54) is 4.80 Å². The normalized spacial score (nSPS) is 10.6. The van der Waals surface area contributed by atoms with Crippen LogP contribution in [0.2, 0.25) is 0 Å². The molecule has 0 atom stereocenters. The Morgan fingerprint density at radius 1 is 0.962 bits per heavy atom. The first-order valence-corrected chi connectivity index (χ1v) is 8.02. The number of carbonyl (C=O) groups excluding carboxylic acids is 1. The summed E-state index contributed by atoms with van der Waals surface area (Å²) in [5.41, 5.74) is 1.71. The van der Waals surface area contributed by atoms with E-state index >= 15 is 0 Å². The van der Waals surface area contributed by atoms with Gasteiger partial charge in [-0.1, -0.05) is 48.5 Å². The highest BCUT2D eigenvalue weighted by Crippen LogP contribution is 2.14. The lowest BCUT2D eigenvalue weighted by atomic mass is 10.2. The van der Waals surface area contributed by atoms with Gasteiger partial charge in [-0.25, -0.2) is 4.68 Å². The topological polar surface area (TPSA) is 90.5 Å². The van der Waals surface area contributed by atoms with Gasteiger partial charge in [0, 0.05) is 11.6 Å². The SMILES string of the molecule is O=C(Cn1nnc(-c2ccccc2)n1)Nc1ccnn1-c1ccccc1. The molecule has 0 fully saturated rings. The molecule has 2 aromatic heterocycles. The second-order valence-corrected chi connectivity index (χ2v) is 5.52. The molecule has 0 bridgehead atoms. The number of para-hydroxylation sites is 1. The molecule has 4 aromatic rings. The zero-order valence-electron chi connectivity index (χ0n) is 13.7. The van der Waals surface area contributed by atoms with Crippen LogP contribution in [0.4, 0.5) is 5.82 Å². The molecule has 2 aromatic carbocycles. The first-order valence-electron chi connectivity index (χ1n) is 8.02. The van der Waals surface area contributed by atoms with E-state index in [0.717, 1.165) is 11.3 Å². The van der Waals surface area contributed by atoms with Gasteiger partial charge in [0.05, 0.1) is 11.9 Å².